The van der Waals surface area contributed by atoms with Gasteiger partial charge in [0.1, 0.15) is 0 Å². The Morgan fingerprint density at radius 3 is 2.53 bits per heavy atom. The van der Waals surface area contributed by atoms with Gasteiger partial charge in [0, 0.05) is 6.26 Å². The van der Waals surface area contributed by atoms with Crippen LogP contribution in [0.2, 0.25) is 0 Å². The summed E-state index contributed by atoms with van der Waals surface area (Å²) in [6, 6.07) is 13.8. The molecule has 0 amide bonds. The lowest BCUT2D eigenvalue weighted by Crippen LogP contribution is -2.09. The first-order valence-corrected chi connectivity index (χ1v) is 15.0. The maximum atomic E-state index is 12.2. The highest BCUT2D eigenvalue weighted by Gasteiger charge is 2.18. The smallest absolute Gasteiger partial charge is 0.335 e. The van der Waals surface area contributed by atoms with E-state index < -0.39 is 30.8 Å². The monoisotopic (exact) mass is 574 g/mol. The van der Waals surface area contributed by atoms with Crippen molar-refractivity contribution in [2.75, 3.05) is 20.0 Å². The predicted molar refractivity (Wildman–Crippen MR) is 142 cm³/mol. The third kappa shape index (κ3) is 6.31. The number of methoxy groups -OCH3 is 1. The highest BCUT2D eigenvalue weighted by atomic mass is 32.2. The average Bonchev–Trinajstić information content (AvgIpc) is 2.85. The first-order valence-electron chi connectivity index (χ1n) is 10.9. The molecule has 0 unspecified atom stereocenters. The molecular weight excluding hydrogens is 552 g/mol. The molecule has 2 aliphatic rings. The van der Waals surface area contributed by atoms with Gasteiger partial charge in [-0.25, -0.2) is 23.2 Å². The molecule has 198 valence electrons. The number of carbonyl (C=O) groups excluding carboxylic acids is 1. The molecule has 0 radical (unpaired) electrons. The molecule has 0 atom stereocenters. The summed E-state index contributed by atoms with van der Waals surface area (Å²) in [4.78, 5) is 20.6. The summed E-state index contributed by atoms with van der Waals surface area (Å²) in [5.41, 5.74) is 2.37. The fraction of sp³-hybridized carbons (Fsp3) is 0.160. The van der Waals surface area contributed by atoms with Gasteiger partial charge in [-0.3, -0.25) is 4.55 Å². The van der Waals surface area contributed by atoms with Crippen molar-refractivity contribution in [2.24, 2.45) is 4.99 Å². The number of sulfone groups is 1. The van der Waals surface area contributed by atoms with E-state index in [0.717, 1.165) is 45.1 Å². The van der Waals surface area contributed by atoms with Gasteiger partial charge < -0.3 is 9.47 Å². The van der Waals surface area contributed by atoms with Gasteiger partial charge in [-0.15, -0.1) is 11.3 Å². The molecule has 4 rings (SSSR count). The Labute approximate surface area is 222 Å². The number of nitrogens with zero attached hydrogens (tertiary/aromatic N) is 2. The van der Waals surface area contributed by atoms with Crippen molar-refractivity contribution in [3.63, 3.8) is 0 Å². The second kappa shape index (κ2) is 10.7. The minimum absolute atomic E-state index is 0.0406. The van der Waals surface area contributed by atoms with Gasteiger partial charge in [0.05, 0.1) is 67.5 Å². The van der Waals surface area contributed by atoms with Crippen LogP contribution in [0.5, 0.6) is 0 Å². The minimum atomic E-state index is -4.55. The van der Waals surface area contributed by atoms with E-state index >= 15 is 0 Å². The topological polar surface area (TPSA) is 149 Å². The van der Waals surface area contributed by atoms with E-state index in [9.17, 15) is 26.2 Å². The highest BCUT2D eigenvalue weighted by molar-refractivity contribution is 7.91. The molecule has 38 heavy (non-hydrogen) atoms. The molecule has 0 saturated heterocycles. The molecule has 13 heteroatoms. The van der Waals surface area contributed by atoms with Crippen molar-refractivity contribution < 1.29 is 35.7 Å². The molecule has 1 N–H and O–H groups in total. The average molecular weight is 575 g/mol. The van der Waals surface area contributed by atoms with Crippen molar-refractivity contribution in [3.05, 3.63) is 77.7 Å². The predicted octanol–water partition coefficient (Wildman–Crippen LogP) is 3.53. The van der Waals surface area contributed by atoms with E-state index in [2.05, 4.69) is 21.3 Å². The van der Waals surface area contributed by atoms with Crippen LogP contribution < -0.4 is 5.36 Å². The zero-order valence-corrected chi connectivity index (χ0v) is 22.7. The van der Waals surface area contributed by atoms with Gasteiger partial charge in [-0.05, 0) is 54.1 Å². The van der Waals surface area contributed by atoms with Crippen LogP contribution in [0.15, 0.2) is 81.5 Å². The fourth-order valence-corrected chi connectivity index (χ4v) is 5.79. The van der Waals surface area contributed by atoms with Gasteiger partial charge in [0.25, 0.3) is 10.1 Å². The zero-order chi connectivity index (χ0) is 27.7. The minimum Gasteiger partial charge on any atom is -0.466 e. The normalized spacial score (nSPS) is 12.7. The van der Waals surface area contributed by atoms with Crippen LogP contribution in [0, 0.1) is 0 Å². The summed E-state index contributed by atoms with van der Waals surface area (Å²) in [5.74, 6) is -0.525. The number of hydrogen-bond acceptors (Lipinski definition) is 10. The summed E-state index contributed by atoms with van der Waals surface area (Å²) in [6.45, 7) is 3.91. The van der Waals surface area contributed by atoms with Crippen LogP contribution >= 0.6 is 11.3 Å². The molecule has 0 spiro atoms. The van der Waals surface area contributed by atoms with Crippen molar-refractivity contribution in [1.29, 1.82) is 0 Å². The van der Waals surface area contributed by atoms with E-state index in [1.165, 1.54) is 18.4 Å². The van der Waals surface area contributed by atoms with Crippen LogP contribution in [0.3, 0.4) is 0 Å². The van der Waals surface area contributed by atoms with Crippen LogP contribution in [0.4, 0.5) is 5.69 Å². The molecule has 0 saturated carbocycles. The van der Waals surface area contributed by atoms with Gasteiger partial charge in [0.15, 0.2) is 9.84 Å². The molecule has 2 aromatic rings. The van der Waals surface area contributed by atoms with Crippen molar-refractivity contribution >= 4 is 53.2 Å². The van der Waals surface area contributed by atoms with Gasteiger partial charge in [-0.1, -0.05) is 12.6 Å². The fourth-order valence-electron chi connectivity index (χ4n) is 3.51. The lowest BCUT2D eigenvalue weighted by molar-refractivity contribution is -0.136. The number of benzene rings is 3. The standard InChI is InChI=1S/C25H22N2O8S3/c1-15(25(28)34-2)13-35-14-16-4-8-22-20(10-16)27-19-7-5-17(11-23(19)36-22)26-21-12-18(38(31,32)33)6-9-24(21)37(3,29)30/h4-12H,1,13-14H2,2-3H3,(H,31,32,33)/b26-17-. The van der Waals surface area contributed by atoms with Crippen molar-refractivity contribution in [2.45, 2.75) is 16.4 Å². The molecule has 2 aromatic carbocycles. The number of carbonyl (C=O) groups is 1. The molecule has 1 aliphatic carbocycles. The number of ether oxygens (including phenoxy) is 2. The zero-order valence-electron chi connectivity index (χ0n) is 20.2. The number of fused-ring (bicyclic) bond motifs is 2. The SMILES string of the molecule is C=C(COCc1ccc2sc3c/c(=N\c4cc(S(=O)(=O)O)ccc4S(C)(=O)=O)ccc-3nc2c1)C(=O)OC. The van der Waals surface area contributed by atoms with E-state index in [1.807, 2.05) is 18.2 Å². The second-order valence-electron chi connectivity index (χ2n) is 8.24. The highest BCUT2D eigenvalue weighted by Crippen LogP contribution is 2.31. The number of hydrogen-bond donors (Lipinski definition) is 1. The van der Waals surface area contributed by atoms with E-state index in [1.54, 1.807) is 18.2 Å². The van der Waals surface area contributed by atoms with Gasteiger partial charge >= 0.3 is 5.97 Å². The third-order valence-corrected chi connectivity index (χ3v) is 8.43. The first-order chi connectivity index (χ1) is 17.8. The molecule has 0 bridgehead atoms. The third-order valence-electron chi connectivity index (χ3n) is 5.32. The summed E-state index contributed by atoms with van der Waals surface area (Å²) in [7, 11) is -7.00. The van der Waals surface area contributed by atoms with E-state index in [4.69, 9.17) is 4.74 Å². The van der Waals surface area contributed by atoms with Crippen LogP contribution in [0.25, 0.3) is 20.8 Å². The number of aromatic nitrogens is 1. The maximum Gasteiger partial charge on any atom is 0.335 e. The van der Waals surface area contributed by atoms with E-state index in [-0.39, 0.29) is 29.4 Å². The lowest BCUT2D eigenvalue weighted by Gasteiger charge is -2.09. The lowest BCUT2D eigenvalue weighted by atomic mass is 10.2. The Morgan fingerprint density at radius 1 is 1.08 bits per heavy atom. The summed E-state index contributed by atoms with van der Waals surface area (Å²) < 4.78 is 68.0. The Kier molecular flexibility index (Phi) is 7.76. The molecule has 1 heterocycles. The summed E-state index contributed by atoms with van der Waals surface area (Å²) in [5, 5.41) is 0.378. The largest absolute Gasteiger partial charge is 0.466 e. The van der Waals surface area contributed by atoms with Crippen LogP contribution in [-0.2, 0) is 40.8 Å². The molecule has 1 aliphatic heterocycles. The van der Waals surface area contributed by atoms with Gasteiger partial charge in [0.2, 0.25) is 0 Å². The molecule has 0 fully saturated rings. The molecule has 0 aromatic heterocycles. The van der Waals surface area contributed by atoms with Crippen molar-refractivity contribution in [3.8, 4) is 10.6 Å². The van der Waals surface area contributed by atoms with Gasteiger partial charge in [-0.2, -0.15) is 8.42 Å². The molecule has 10 nitrogen and oxygen atoms in total. The summed E-state index contributed by atoms with van der Waals surface area (Å²) in [6.07, 6.45) is 0.988. The second-order valence-corrected chi connectivity index (χ2v) is 12.7. The quantitative estimate of drug-likeness (QED) is 0.144. The van der Waals surface area contributed by atoms with Crippen molar-refractivity contribution in [1.82, 2.24) is 4.98 Å². The Balaban J connectivity index is 1.69. The Morgan fingerprint density at radius 2 is 1.84 bits per heavy atom. The van der Waals surface area contributed by atoms with E-state index in [0.29, 0.717) is 11.1 Å². The van der Waals surface area contributed by atoms with Crippen LogP contribution in [-0.4, -0.2) is 52.3 Å². The summed E-state index contributed by atoms with van der Waals surface area (Å²) >= 11 is 1.44. The maximum absolute atomic E-state index is 12.2. The first kappa shape index (κ1) is 27.5. The molecular formula is C25H22N2O8S3. The Bertz CT molecular complexity index is 1830. The number of esters is 1. The Hall–Kier alpha value is -3.49. The van der Waals surface area contributed by atoms with Crippen LogP contribution in [0.1, 0.15) is 5.56 Å². The number of rotatable bonds is 8.